The number of likely N-dealkylation sites (tertiary alicyclic amines) is 1. The van der Waals surface area contributed by atoms with Crippen molar-refractivity contribution in [2.24, 2.45) is 5.73 Å². The van der Waals surface area contributed by atoms with E-state index in [0.29, 0.717) is 18.3 Å². The van der Waals surface area contributed by atoms with E-state index in [1.54, 1.807) is 0 Å². The standard InChI is InChI=1S/C20H25N3OS.ClH/c21-14-16-6-8-17(9-7-16)15-22-20(24)23-12-10-19(11-13-23)25-18-4-2-1-3-5-18;/h1-9,19H,10-15,21H2,(H,22,24);1H. The van der Waals surface area contributed by atoms with Gasteiger partial charge < -0.3 is 16.0 Å². The molecule has 1 heterocycles. The number of carbonyl (C=O) groups is 1. The lowest BCUT2D eigenvalue weighted by atomic mass is 10.1. The van der Waals surface area contributed by atoms with E-state index < -0.39 is 0 Å². The maximum absolute atomic E-state index is 12.3. The molecule has 0 saturated carbocycles. The molecule has 1 aliphatic heterocycles. The summed E-state index contributed by atoms with van der Waals surface area (Å²) in [5.74, 6) is 0. The Bertz CT molecular complexity index is 673. The van der Waals surface area contributed by atoms with Crippen LogP contribution in [0.4, 0.5) is 4.79 Å². The normalized spacial score (nSPS) is 14.6. The largest absolute Gasteiger partial charge is 0.334 e. The van der Waals surface area contributed by atoms with Crippen LogP contribution in [0.2, 0.25) is 0 Å². The van der Waals surface area contributed by atoms with Crippen molar-refractivity contribution < 1.29 is 4.79 Å². The van der Waals surface area contributed by atoms with E-state index in [1.807, 2.05) is 47.0 Å². The molecule has 1 saturated heterocycles. The van der Waals surface area contributed by atoms with Crippen LogP contribution in [0.5, 0.6) is 0 Å². The van der Waals surface area contributed by atoms with Crippen molar-refractivity contribution >= 4 is 30.2 Å². The fourth-order valence-electron chi connectivity index (χ4n) is 2.95. The van der Waals surface area contributed by atoms with Crippen molar-refractivity contribution in [3.63, 3.8) is 0 Å². The monoisotopic (exact) mass is 391 g/mol. The number of carbonyl (C=O) groups excluding carboxylic acids is 1. The van der Waals surface area contributed by atoms with Crippen molar-refractivity contribution in [2.45, 2.75) is 36.1 Å². The quantitative estimate of drug-likeness (QED) is 0.808. The lowest BCUT2D eigenvalue weighted by Crippen LogP contribution is -2.44. The Morgan fingerprint density at radius 2 is 1.65 bits per heavy atom. The molecule has 2 amide bonds. The molecule has 0 bridgehead atoms. The average Bonchev–Trinajstić information content (AvgIpc) is 2.68. The van der Waals surface area contributed by atoms with E-state index in [0.717, 1.165) is 37.1 Å². The maximum Gasteiger partial charge on any atom is 0.317 e. The SMILES string of the molecule is Cl.NCc1ccc(CNC(=O)N2CCC(Sc3ccccc3)CC2)cc1. The lowest BCUT2D eigenvalue weighted by Gasteiger charge is -2.31. The van der Waals surface area contributed by atoms with Gasteiger partial charge in [0, 0.05) is 36.3 Å². The summed E-state index contributed by atoms with van der Waals surface area (Å²) in [5, 5.41) is 3.61. The van der Waals surface area contributed by atoms with Gasteiger partial charge in [-0.05, 0) is 36.1 Å². The Kier molecular flexibility index (Phi) is 8.29. The molecule has 140 valence electrons. The number of thioether (sulfide) groups is 1. The highest BCUT2D eigenvalue weighted by atomic mass is 35.5. The number of hydrogen-bond donors (Lipinski definition) is 2. The zero-order valence-electron chi connectivity index (χ0n) is 14.8. The molecular weight excluding hydrogens is 366 g/mol. The number of rotatable bonds is 5. The second kappa shape index (κ2) is 10.5. The number of hydrogen-bond acceptors (Lipinski definition) is 3. The van der Waals surface area contributed by atoms with Gasteiger partial charge in [0.2, 0.25) is 0 Å². The topological polar surface area (TPSA) is 58.4 Å². The van der Waals surface area contributed by atoms with Crippen LogP contribution in [0.1, 0.15) is 24.0 Å². The van der Waals surface area contributed by atoms with Gasteiger partial charge in [-0.25, -0.2) is 4.79 Å². The van der Waals surface area contributed by atoms with Crippen molar-refractivity contribution in [3.8, 4) is 0 Å². The zero-order chi connectivity index (χ0) is 17.5. The summed E-state index contributed by atoms with van der Waals surface area (Å²) in [7, 11) is 0. The summed E-state index contributed by atoms with van der Waals surface area (Å²) >= 11 is 1.92. The fourth-order valence-corrected chi connectivity index (χ4v) is 4.10. The summed E-state index contributed by atoms with van der Waals surface area (Å²) in [5.41, 5.74) is 7.80. The van der Waals surface area contributed by atoms with Crippen LogP contribution in [0.3, 0.4) is 0 Å². The first-order valence-corrected chi connectivity index (χ1v) is 9.65. The van der Waals surface area contributed by atoms with Crippen molar-refractivity contribution in [2.75, 3.05) is 13.1 Å². The predicted molar refractivity (Wildman–Crippen MR) is 111 cm³/mol. The molecule has 3 N–H and O–H groups in total. The Morgan fingerprint density at radius 3 is 2.27 bits per heavy atom. The Labute approximate surface area is 165 Å². The van der Waals surface area contributed by atoms with Gasteiger partial charge in [-0.15, -0.1) is 24.2 Å². The van der Waals surface area contributed by atoms with Crippen LogP contribution in [0.15, 0.2) is 59.5 Å². The maximum atomic E-state index is 12.3. The third kappa shape index (κ3) is 5.94. The number of benzene rings is 2. The molecular formula is C20H26ClN3OS. The van der Waals surface area contributed by atoms with Crippen LogP contribution >= 0.6 is 24.2 Å². The van der Waals surface area contributed by atoms with Crippen molar-refractivity contribution in [1.82, 2.24) is 10.2 Å². The van der Waals surface area contributed by atoms with E-state index in [4.69, 9.17) is 5.73 Å². The minimum absolute atomic E-state index is 0. The highest BCUT2D eigenvalue weighted by molar-refractivity contribution is 8.00. The molecule has 3 rings (SSSR count). The molecule has 6 heteroatoms. The van der Waals surface area contributed by atoms with Crippen LogP contribution in [0.25, 0.3) is 0 Å². The van der Waals surface area contributed by atoms with E-state index in [-0.39, 0.29) is 18.4 Å². The Hall–Kier alpha value is -1.69. The van der Waals surface area contributed by atoms with Crippen molar-refractivity contribution in [1.29, 1.82) is 0 Å². The molecule has 26 heavy (non-hydrogen) atoms. The third-order valence-electron chi connectivity index (χ3n) is 4.48. The van der Waals surface area contributed by atoms with Gasteiger partial charge in [0.1, 0.15) is 0 Å². The predicted octanol–water partition coefficient (Wildman–Crippen LogP) is 4.03. The summed E-state index contributed by atoms with van der Waals surface area (Å²) in [6.45, 7) is 2.75. The van der Waals surface area contributed by atoms with E-state index in [9.17, 15) is 4.79 Å². The minimum Gasteiger partial charge on any atom is -0.334 e. The summed E-state index contributed by atoms with van der Waals surface area (Å²) < 4.78 is 0. The second-order valence-electron chi connectivity index (χ2n) is 6.30. The van der Waals surface area contributed by atoms with Gasteiger partial charge in [0.15, 0.2) is 0 Å². The number of halogens is 1. The minimum atomic E-state index is 0. The number of amides is 2. The van der Waals surface area contributed by atoms with Gasteiger partial charge in [-0.2, -0.15) is 0 Å². The first-order valence-electron chi connectivity index (χ1n) is 8.77. The summed E-state index contributed by atoms with van der Waals surface area (Å²) in [6, 6.07) is 18.6. The third-order valence-corrected chi connectivity index (χ3v) is 5.83. The molecule has 4 nitrogen and oxygen atoms in total. The van der Waals surface area contributed by atoms with Crippen LogP contribution in [-0.2, 0) is 13.1 Å². The van der Waals surface area contributed by atoms with Gasteiger partial charge in [-0.3, -0.25) is 0 Å². The molecule has 2 aromatic rings. The molecule has 1 fully saturated rings. The first-order chi connectivity index (χ1) is 12.2. The number of nitrogens with zero attached hydrogens (tertiary/aromatic N) is 1. The van der Waals surface area contributed by atoms with Gasteiger partial charge in [0.05, 0.1) is 0 Å². The molecule has 0 radical (unpaired) electrons. The smallest absolute Gasteiger partial charge is 0.317 e. The summed E-state index contributed by atoms with van der Waals surface area (Å²) in [4.78, 5) is 15.6. The number of nitrogens with two attached hydrogens (primary N) is 1. The van der Waals surface area contributed by atoms with Crippen LogP contribution in [0, 0.1) is 0 Å². The van der Waals surface area contributed by atoms with E-state index >= 15 is 0 Å². The van der Waals surface area contributed by atoms with Crippen molar-refractivity contribution in [3.05, 3.63) is 65.7 Å². The van der Waals surface area contributed by atoms with Gasteiger partial charge in [-0.1, -0.05) is 42.5 Å². The second-order valence-corrected chi connectivity index (χ2v) is 7.67. The van der Waals surface area contributed by atoms with E-state index in [2.05, 4.69) is 29.6 Å². The lowest BCUT2D eigenvalue weighted by molar-refractivity contribution is 0.187. The van der Waals surface area contributed by atoms with Crippen LogP contribution < -0.4 is 11.1 Å². The molecule has 0 atom stereocenters. The molecule has 1 aliphatic rings. The van der Waals surface area contributed by atoms with Gasteiger partial charge >= 0.3 is 6.03 Å². The number of urea groups is 1. The fraction of sp³-hybridized carbons (Fsp3) is 0.350. The first kappa shape index (κ1) is 20.6. The number of nitrogens with one attached hydrogen (secondary N) is 1. The highest BCUT2D eigenvalue weighted by Crippen LogP contribution is 2.30. The van der Waals surface area contributed by atoms with Gasteiger partial charge in [0.25, 0.3) is 0 Å². The molecule has 0 spiro atoms. The number of piperidine rings is 1. The molecule has 0 unspecified atom stereocenters. The Balaban J connectivity index is 0.00000243. The molecule has 0 aliphatic carbocycles. The zero-order valence-corrected chi connectivity index (χ0v) is 16.4. The van der Waals surface area contributed by atoms with E-state index in [1.165, 1.54) is 4.90 Å². The Morgan fingerprint density at radius 1 is 1.04 bits per heavy atom. The molecule has 2 aromatic carbocycles. The average molecular weight is 392 g/mol. The summed E-state index contributed by atoms with van der Waals surface area (Å²) in [6.07, 6.45) is 2.08. The van der Waals surface area contributed by atoms with Crippen LogP contribution in [-0.4, -0.2) is 29.3 Å². The highest BCUT2D eigenvalue weighted by Gasteiger charge is 2.23. The molecule has 0 aromatic heterocycles.